The number of rotatable bonds is 6. The third-order valence-corrected chi connectivity index (χ3v) is 9.19. The van der Waals surface area contributed by atoms with E-state index in [-0.39, 0.29) is 29.8 Å². The maximum absolute atomic E-state index is 12.6. The van der Waals surface area contributed by atoms with Gasteiger partial charge >= 0.3 is 0 Å². The van der Waals surface area contributed by atoms with Crippen molar-refractivity contribution in [3.05, 3.63) is 65.2 Å². The van der Waals surface area contributed by atoms with E-state index < -0.39 is 10.0 Å². The Bertz CT molecular complexity index is 1210. The molecule has 0 bridgehead atoms. The predicted molar refractivity (Wildman–Crippen MR) is 128 cm³/mol. The van der Waals surface area contributed by atoms with Crippen molar-refractivity contribution in [2.75, 3.05) is 5.75 Å². The second kappa shape index (κ2) is 8.44. The number of sulfonamides is 1. The zero-order valence-electron chi connectivity index (χ0n) is 19.0. The summed E-state index contributed by atoms with van der Waals surface area (Å²) >= 11 is 0. The van der Waals surface area contributed by atoms with Crippen molar-refractivity contribution >= 4 is 21.4 Å². The molecule has 0 radical (unpaired) electrons. The highest BCUT2D eigenvalue weighted by molar-refractivity contribution is 7.89. The molecular formula is C26H31N3O3S. The molecule has 0 unspecified atom stereocenters. The van der Waals surface area contributed by atoms with Gasteiger partial charge in [-0.25, -0.2) is 23.5 Å². The first-order valence-corrected chi connectivity index (χ1v) is 13.6. The number of nitrogens with two attached hydrogens (primary N) is 1. The molecule has 0 amide bonds. The summed E-state index contributed by atoms with van der Waals surface area (Å²) in [6.07, 6.45) is 13.9. The molecule has 1 fully saturated rings. The maximum Gasteiger partial charge on any atom is 0.209 e. The first-order chi connectivity index (χ1) is 15.8. The molecule has 0 spiro atoms. The van der Waals surface area contributed by atoms with Crippen LogP contribution in [0.4, 0.5) is 0 Å². The molecule has 0 aliphatic heterocycles. The van der Waals surface area contributed by atoms with Gasteiger partial charge in [0.1, 0.15) is 6.33 Å². The van der Waals surface area contributed by atoms with Crippen molar-refractivity contribution in [2.45, 2.75) is 57.8 Å². The third-order valence-electron chi connectivity index (χ3n) is 8.33. The van der Waals surface area contributed by atoms with Crippen molar-refractivity contribution < 1.29 is 13.2 Å². The number of ketones is 1. The second-order valence-electron chi connectivity index (χ2n) is 10.2. The highest BCUT2D eigenvalue weighted by Gasteiger charge is 2.51. The fourth-order valence-electron chi connectivity index (χ4n) is 6.79. The Morgan fingerprint density at radius 3 is 2.76 bits per heavy atom. The van der Waals surface area contributed by atoms with Crippen LogP contribution in [0.1, 0.15) is 78.4 Å². The van der Waals surface area contributed by atoms with Crippen molar-refractivity contribution in [3.63, 3.8) is 0 Å². The molecule has 2 aromatic rings. The molecule has 6 nitrogen and oxygen atoms in total. The van der Waals surface area contributed by atoms with E-state index >= 15 is 0 Å². The van der Waals surface area contributed by atoms with Crippen LogP contribution in [0.5, 0.6) is 0 Å². The van der Waals surface area contributed by atoms with Crippen LogP contribution >= 0.6 is 0 Å². The number of benzene rings is 1. The van der Waals surface area contributed by atoms with Gasteiger partial charge in [0.2, 0.25) is 10.0 Å². The minimum atomic E-state index is -3.53. The zero-order valence-corrected chi connectivity index (χ0v) is 19.9. The fourth-order valence-corrected chi connectivity index (χ4v) is 7.33. The van der Waals surface area contributed by atoms with E-state index in [9.17, 15) is 13.2 Å². The smallest absolute Gasteiger partial charge is 0.209 e. The van der Waals surface area contributed by atoms with Crippen LogP contribution in [0.2, 0.25) is 0 Å². The first kappa shape index (κ1) is 22.4. The molecule has 1 heterocycles. The van der Waals surface area contributed by atoms with Gasteiger partial charge < -0.3 is 0 Å². The van der Waals surface area contributed by atoms with E-state index in [1.165, 1.54) is 16.7 Å². The van der Waals surface area contributed by atoms with Crippen molar-refractivity contribution in [1.29, 1.82) is 0 Å². The molecule has 3 aliphatic rings. The average molecular weight is 466 g/mol. The number of aryl methyl sites for hydroxylation is 1. The van der Waals surface area contributed by atoms with E-state index in [1.807, 2.05) is 18.5 Å². The van der Waals surface area contributed by atoms with Crippen LogP contribution in [0.3, 0.4) is 0 Å². The Hall–Kier alpha value is -2.38. The van der Waals surface area contributed by atoms with Gasteiger partial charge in [-0.15, -0.1) is 0 Å². The fraction of sp³-hybridized carbons (Fsp3) is 0.500. The van der Waals surface area contributed by atoms with Gasteiger partial charge in [-0.05, 0) is 84.5 Å². The minimum absolute atomic E-state index is 0.00509. The molecule has 3 aliphatic carbocycles. The Morgan fingerprint density at radius 1 is 1.21 bits per heavy atom. The maximum atomic E-state index is 12.6. The summed E-state index contributed by atoms with van der Waals surface area (Å²) in [4.78, 5) is 21.1. The van der Waals surface area contributed by atoms with E-state index in [1.54, 1.807) is 6.33 Å². The lowest BCUT2D eigenvalue weighted by molar-refractivity contribution is 0.0884. The topological polar surface area (TPSA) is 103 Å². The molecule has 0 saturated heterocycles. The Morgan fingerprint density at radius 2 is 2.00 bits per heavy atom. The number of carbonyl (C=O) groups is 1. The number of allylic oxidation sites excluding steroid dienone is 2. The monoisotopic (exact) mass is 465 g/mol. The highest BCUT2D eigenvalue weighted by atomic mass is 32.2. The molecule has 174 valence electrons. The Kier molecular flexibility index (Phi) is 5.73. The van der Waals surface area contributed by atoms with Crippen LogP contribution in [-0.4, -0.2) is 29.9 Å². The summed E-state index contributed by atoms with van der Waals surface area (Å²) in [6.45, 7) is 2.43. The Labute approximate surface area is 195 Å². The van der Waals surface area contributed by atoms with E-state index in [0.717, 1.165) is 37.7 Å². The van der Waals surface area contributed by atoms with Crippen molar-refractivity contribution in [2.24, 2.45) is 22.4 Å². The minimum Gasteiger partial charge on any atom is -0.294 e. The molecule has 1 aromatic carbocycles. The summed E-state index contributed by atoms with van der Waals surface area (Å²) in [5.41, 5.74) is 6.13. The lowest BCUT2D eigenvalue weighted by Crippen LogP contribution is -2.41. The SMILES string of the molecule is C[C@]12CC[C@@H]3c4ccc(C(=O)CCCS(N)(=O)=O)cc4CC[C@H]3[C@@H]1CC=C2c1cncnc1. The zero-order chi connectivity index (χ0) is 23.2. The van der Waals surface area contributed by atoms with Gasteiger partial charge in [0, 0.05) is 29.9 Å². The number of carbonyl (C=O) groups excluding carboxylic acids is 1. The van der Waals surface area contributed by atoms with E-state index in [2.05, 4.69) is 35.1 Å². The highest BCUT2D eigenvalue weighted by Crippen LogP contribution is 2.63. The van der Waals surface area contributed by atoms with Gasteiger partial charge in [-0.1, -0.05) is 25.1 Å². The van der Waals surface area contributed by atoms with Gasteiger partial charge in [-0.3, -0.25) is 4.79 Å². The molecule has 1 saturated carbocycles. The van der Waals surface area contributed by atoms with Crippen LogP contribution in [-0.2, 0) is 16.4 Å². The quantitative estimate of drug-likeness (QED) is 0.642. The van der Waals surface area contributed by atoms with Crippen LogP contribution in [0.15, 0.2) is 43.0 Å². The molecule has 2 N–H and O–H groups in total. The molecular weight excluding hydrogens is 434 g/mol. The lowest BCUT2D eigenvalue weighted by atomic mass is 9.54. The first-order valence-electron chi connectivity index (χ1n) is 11.9. The number of hydrogen-bond acceptors (Lipinski definition) is 5. The lowest BCUT2D eigenvalue weighted by Gasteiger charge is -2.50. The summed E-state index contributed by atoms with van der Waals surface area (Å²) in [5, 5.41) is 5.05. The normalized spacial score (nSPS) is 28.4. The van der Waals surface area contributed by atoms with E-state index in [4.69, 9.17) is 5.14 Å². The molecule has 33 heavy (non-hydrogen) atoms. The van der Waals surface area contributed by atoms with Gasteiger partial charge in [0.15, 0.2) is 5.78 Å². The summed E-state index contributed by atoms with van der Waals surface area (Å²) in [5.74, 6) is 1.65. The third kappa shape index (κ3) is 4.17. The summed E-state index contributed by atoms with van der Waals surface area (Å²) < 4.78 is 22.3. The Balaban J connectivity index is 1.33. The van der Waals surface area contributed by atoms with Crippen molar-refractivity contribution in [1.82, 2.24) is 9.97 Å². The van der Waals surface area contributed by atoms with E-state index in [0.29, 0.717) is 23.3 Å². The number of aromatic nitrogens is 2. The predicted octanol–water partition coefficient (Wildman–Crippen LogP) is 4.28. The average Bonchev–Trinajstić information content (AvgIpc) is 3.15. The van der Waals surface area contributed by atoms with Crippen LogP contribution in [0.25, 0.3) is 5.57 Å². The van der Waals surface area contributed by atoms with Crippen LogP contribution < -0.4 is 5.14 Å². The van der Waals surface area contributed by atoms with Gasteiger partial charge in [-0.2, -0.15) is 0 Å². The molecule has 5 rings (SSSR count). The van der Waals surface area contributed by atoms with Crippen molar-refractivity contribution in [3.8, 4) is 0 Å². The number of fused-ring (bicyclic) bond motifs is 5. The number of primary sulfonamides is 1. The molecule has 1 aromatic heterocycles. The molecule has 4 atom stereocenters. The standard InChI is InChI=1S/C26H31N3O3S/c1-26-11-10-21-20-6-5-18(25(30)3-2-12-33(27,31)32)13-17(20)4-7-22(21)24(26)9-8-23(26)19-14-28-16-29-15-19/h5-6,8,13-16,21-22,24H,2-4,7,9-12H2,1H3,(H2,27,31,32)/t21-,22-,24+,26-/m1/s1. The largest absolute Gasteiger partial charge is 0.294 e. The number of nitrogens with zero attached hydrogens (tertiary/aromatic N) is 2. The summed E-state index contributed by atoms with van der Waals surface area (Å²) in [7, 11) is -3.53. The number of hydrogen-bond donors (Lipinski definition) is 1. The second-order valence-corrected chi connectivity index (χ2v) is 11.9. The summed E-state index contributed by atoms with van der Waals surface area (Å²) in [6, 6.07) is 6.16. The molecule has 7 heteroatoms. The van der Waals surface area contributed by atoms with Gasteiger partial charge in [0.05, 0.1) is 5.75 Å². The van der Waals surface area contributed by atoms with Crippen LogP contribution in [0, 0.1) is 17.3 Å². The van der Waals surface area contributed by atoms with Gasteiger partial charge in [0.25, 0.3) is 0 Å². The number of Topliss-reactive ketones (excluding diaryl/α,β-unsaturated/α-hetero) is 1.